The maximum atomic E-state index is 13.3. The molecule has 1 fully saturated rings. The molecule has 1 aliphatic heterocycles. The second-order valence-corrected chi connectivity index (χ2v) is 6.34. The first-order valence-electron chi connectivity index (χ1n) is 8.38. The molecule has 5 nitrogen and oxygen atoms in total. The van der Waals surface area contributed by atoms with Crippen molar-refractivity contribution in [3.8, 4) is 0 Å². The number of fused-ring (bicyclic) bond motifs is 1. The van der Waals surface area contributed by atoms with E-state index < -0.39 is 0 Å². The van der Waals surface area contributed by atoms with E-state index in [4.69, 9.17) is 0 Å². The van der Waals surface area contributed by atoms with Crippen molar-refractivity contribution in [1.82, 2.24) is 19.8 Å². The molecular weight excluding hydrogens is 319 g/mol. The van der Waals surface area contributed by atoms with Gasteiger partial charge in [-0.15, -0.1) is 0 Å². The van der Waals surface area contributed by atoms with Gasteiger partial charge in [0.25, 0.3) is 5.91 Å². The molecule has 1 N–H and O–H groups in total. The Bertz CT molecular complexity index is 885. The maximum absolute atomic E-state index is 13.3. The molecule has 3 heterocycles. The molecule has 0 bridgehead atoms. The highest BCUT2D eigenvalue weighted by molar-refractivity contribution is 5.98. The van der Waals surface area contributed by atoms with Gasteiger partial charge in [-0.3, -0.25) is 14.7 Å². The summed E-state index contributed by atoms with van der Waals surface area (Å²) in [5, 5.41) is 0.722. The number of piperazine rings is 1. The normalized spacial score (nSPS) is 15.6. The highest BCUT2D eigenvalue weighted by Crippen LogP contribution is 2.18. The number of nitrogens with one attached hydrogen (secondary N) is 1. The minimum absolute atomic E-state index is 0.0276. The SMILES string of the molecule is O=C(c1cc2cc(F)ccc2[nH]1)N1CCN(Cc2ccncc2)CC1. The van der Waals surface area contributed by atoms with Crippen molar-refractivity contribution in [1.29, 1.82) is 0 Å². The molecule has 25 heavy (non-hydrogen) atoms. The van der Waals surface area contributed by atoms with Crippen LogP contribution in [0.2, 0.25) is 0 Å². The van der Waals surface area contributed by atoms with Crippen molar-refractivity contribution >= 4 is 16.8 Å². The van der Waals surface area contributed by atoms with Gasteiger partial charge in [0.2, 0.25) is 0 Å². The van der Waals surface area contributed by atoms with Gasteiger partial charge in [-0.25, -0.2) is 4.39 Å². The lowest BCUT2D eigenvalue weighted by Gasteiger charge is -2.34. The number of nitrogens with zero attached hydrogens (tertiary/aromatic N) is 3. The van der Waals surface area contributed by atoms with Crippen LogP contribution in [0.5, 0.6) is 0 Å². The summed E-state index contributed by atoms with van der Waals surface area (Å²) in [5.41, 5.74) is 2.52. The van der Waals surface area contributed by atoms with Crippen LogP contribution in [0.4, 0.5) is 4.39 Å². The number of H-pyrrole nitrogens is 1. The van der Waals surface area contributed by atoms with Crippen LogP contribution in [0.3, 0.4) is 0 Å². The van der Waals surface area contributed by atoms with Crippen molar-refractivity contribution in [3.63, 3.8) is 0 Å². The smallest absolute Gasteiger partial charge is 0.270 e. The summed E-state index contributed by atoms with van der Waals surface area (Å²) < 4.78 is 13.3. The summed E-state index contributed by atoms with van der Waals surface area (Å²) >= 11 is 0. The summed E-state index contributed by atoms with van der Waals surface area (Å²) in [6.07, 6.45) is 3.60. The minimum atomic E-state index is -0.296. The molecule has 128 valence electrons. The molecule has 6 heteroatoms. The van der Waals surface area contributed by atoms with Crippen molar-refractivity contribution in [2.75, 3.05) is 26.2 Å². The zero-order valence-electron chi connectivity index (χ0n) is 13.8. The monoisotopic (exact) mass is 338 g/mol. The van der Waals surface area contributed by atoms with Gasteiger partial charge in [0.05, 0.1) is 0 Å². The summed E-state index contributed by atoms with van der Waals surface area (Å²) in [7, 11) is 0. The molecule has 0 saturated carbocycles. The molecule has 0 spiro atoms. The van der Waals surface area contributed by atoms with E-state index >= 15 is 0 Å². The van der Waals surface area contributed by atoms with Crippen molar-refractivity contribution in [2.24, 2.45) is 0 Å². The molecule has 3 aromatic rings. The Morgan fingerprint density at radius 1 is 1.08 bits per heavy atom. The van der Waals surface area contributed by atoms with E-state index in [9.17, 15) is 9.18 Å². The number of carbonyl (C=O) groups is 1. The Morgan fingerprint density at radius 2 is 1.84 bits per heavy atom. The van der Waals surface area contributed by atoms with Crippen molar-refractivity contribution in [3.05, 3.63) is 65.9 Å². The molecule has 1 aliphatic rings. The first kappa shape index (κ1) is 15.8. The summed E-state index contributed by atoms with van der Waals surface area (Å²) in [5.74, 6) is -0.324. The van der Waals surface area contributed by atoms with Crippen molar-refractivity contribution < 1.29 is 9.18 Å². The molecule has 1 saturated heterocycles. The number of amides is 1. The average molecular weight is 338 g/mol. The molecular formula is C19H19FN4O. The van der Waals surface area contributed by atoms with Crippen LogP contribution in [-0.2, 0) is 6.54 Å². The molecule has 1 amide bonds. The van der Waals surface area contributed by atoms with E-state index in [2.05, 4.69) is 14.9 Å². The van der Waals surface area contributed by atoms with Gasteiger partial charge >= 0.3 is 0 Å². The number of rotatable bonds is 3. The first-order chi connectivity index (χ1) is 12.2. The molecule has 1 aromatic carbocycles. The fourth-order valence-electron chi connectivity index (χ4n) is 3.24. The molecule has 0 unspecified atom stereocenters. The second-order valence-electron chi connectivity index (χ2n) is 6.34. The minimum Gasteiger partial charge on any atom is -0.351 e. The number of benzene rings is 1. The highest BCUT2D eigenvalue weighted by Gasteiger charge is 2.23. The zero-order chi connectivity index (χ0) is 17.2. The predicted octanol–water partition coefficient (Wildman–Crippen LogP) is 2.66. The van der Waals surface area contributed by atoms with Gasteiger partial charge in [0.15, 0.2) is 0 Å². The molecule has 2 aromatic heterocycles. The van der Waals surface area contributed by atoms with Crippen LogP contribution >= 0.6 is 0 Å². The summed E-state index contributed by atoms with van der Waals surface area (Å²) in [6.45, 7) is 3.92. The van der Waals surface area contributed by atoms with E-state index in [0.29, 0.717) is 18.8 Å². The third kappa shape index (κ3) is 3.39. The summed E-state index contributed by atoms with van der Waals surface area (Å²) in [6, 6.07) is 10.3. The van der Waals surface area contributed by atoms with Gasteiger partial charge in [-0.05, 0) is 42.0 Å². The zero-order valence-corrected chi connectivity index (χ0v) is 13.8. The van der Waals surface area contributed by atoms with E-state index in [1.54, 1.807) is 24.5 Å². The van der Waals surface area contributed by atoms with E-state index in [-0.39, 0.29) is 11.7 Å². The van der Waals surface area contributed by atoms with Gasteiger partial charge in [0, 0.05) is 56.0 Å². The van der Waals surface area contributed by atoms with Crippen molar-refractivity contribution in [2.45, 2.75) is 6.54 Å². The van der Waals surface area contributed by atoms with Crippen LogP contribution in [0, 0.1) is 5.82 Å². The number of halogens is 1. The molecule has 4 rings (SSSR count). The fourth-order valence-corrected chi connectivity index (χ4v) is 3.24. The highest BCUT2D eigenvalue weighted by atomic mass is 19.1. The average Bonchev–Trinajstić information content (AvgIpc) is 3.06. The van der Waals surface area contributed by atoms with Crippen LogP contribution in [0.25, 0.3) is 10.9 Å². The largest absolute Gasteiger partial charge is 0.351 e. The lowest BCUT2D eigenvalue weighted by Crippen LogP contribution is -2.48. The Kier molecular flexibility index (Phi) is 4.19. The van der Waals surface area contributed by atoms with E-state index in [0.717, 1.165) is 30.5 Å². The standard InChI is InChI=1S/C19H19FN4O/c20-16-1-2-17-15(11-16)12-18(22-17)19(25)24-9-7-23(8-10-24)13-14-3-5-21-6-4-14/h1-6,11-12,22H,7-10,13H2. The number of hydrogen-bond acceptors (Lipinski definition) is 3. The van der Waals surface area contributed by atoms with Gasteiger partial charge in [-0.2, -0.15) is 0 Å². The number of aromatic amines is 1. The lowest BCUT2D eigenvalue weighted by molar-refractivity contribution is 0.0623. The first-order valence-corrected chi connectivity index (χ1v) is 8.38. The number of aromatic nitrogens is 2. The lowest BCUT2D eigenvalue weighted by atomic mass is 10.2. The topological polar surface area (TPSA) is 52.2 Å². The molecule has 0 aliphatic carbocycles. The predicted molar refractivity (Wildman–Crippen MR) is 93.7 cm³/mol. The molecule has 0 atom stereocenters. The third-order valence-corrected chi connectivity index (χ3v) is 4.63. The van der Waals surface area contributed by atoms with Crippen LogP contribution in [0.15, 0.2) is 48.8 Å². The fraction of sp³-hybridized carbons (Fsp3) is 0.263. The Hall–Kier alpha value is -2.73. The van der Waals surface area contributed by atoms with Crippen LogP contribution < -0.4 is 0 Å². The number of pyridine rings is 1. The maximum Gasteiger partial charge on any atom is 0.270 e. The molecule has 0 radical (unpaired) electrons. The van der Waals surface area contributed by atoms with Crippen LogP contribution in [-0.4, -0.2) is 51.9 Å². The van der Waals surface area contributed by atoms with Crippen LogP contribution in [0.1, 0.15) is 16.1 Å². The number of carbonyl (C=O) groups excluding carboxylic acids is 1. The summed E-state index contributed by atoms with van der Waals surface area (Å²) in [4.78, 5) is 24.0. The third-order valence-electron chi connectivity index (χ3n) is 4.63. The Morgan fingerprint density at radius 3 is 2.60 bits per heavy atom. The number of hydrogen-bond donors (Lipinski definition) is 1. The Balaban J connectivity index is 1.40. The quantitative estimate of drug-likeness (QED) is 0.799. The van der Waals surface area contributed by atoms with Gasteiger partial charge in [0.1, 0.15) is 11.5 Å². The second kappa shape index (κ2) is 6.64. The van der Waals surface area contributed by atoms with E-state index in [1.165, 1.54) is 17.7 Å². The Labute approximate surface area is 145 Å². The van der Waals surface area contributed by atoms with Gasteiger partial charge < -0.3 is 9.88 Å². The van der Waals surface area contributed by atoms with Gasteiger partial charge in [-0.1, -0.05) is 0 Å². The van der Waals surface area contributed by atoms with E-state index in [1.807, 2.05) is 17.0 Å².